The zero-order valence-corrected chi connectivity index (χ0v) is 11.4. The largest absolute Gasteiger partial charge is 0.496 e. The van der Waals surface area contributed by atoms with Gasteiger partial charge in [0.1, 0.15) is 5.75 Å². The molecule has 0 N–H and O–H groups in total. The van der Waals surface area contributed by atoms with E-state index in [9.17, 15) is 13.6 Å². The van der Waals surface area contributed by atoms with Crippen LogP contribution in [0, 0.1) is 0 Å². The van der Waals surface area contributed by atoms with Crippen molar-refractivity contribution in [3.63, 3.8) is 0 Å². The maximum atomic E-state index is 13.1. The first-order valence-corrected chi connectivity index (χ1v) is 6.40. The molecule has 1 aliphatic rings. The maximum absolute atomic E-state index is 13.1. The summed E-state index contributed by atoms with van der Waals surface area (Å²) in [4.78, 5) is 13.2. The van der Waals surface area contributed by atoms with Gasteiger partial charge >= 0.3 is 0 Å². The molecule has 1 heterocycles. The molecule has 0 radical (unpaired) electrons. The molecule has 0 saturated carbocycles. The lowest BCUT2D eigenvalue weighted by Gasteiger charge is -2.16. The Balaban J connectivity index is 2.07. The first-order chi connectivity index (χ1) is 9.45. The molecule has 0 bridgehead atoms. The zero-order valence-electron chi connectivity index (χ0n) is 11.4. The van der Waals surface area contributed by atoms with E-state index < -0.39 is 12.5 Å². The van der Waals surface area contributed by atoms with Gasteiger partial charge in [0.2, 0.25) is 5.91 Å². The van der Waals surface area contributed by atoms with E-state index in [1.165, 1.54) is 4.90 Å². The van der Waals surface area contributed by atoms with Gasteiger partial charge in [-0.15, -0.1) is 0 Å². The third kappa shape index (κ3) is 3.15. The van der Waals surface area contributed by atoms with Crippen LogP contribution in [0.25, 0.3) is 6.08 Å². The third-order valence-electron chi connectivity index (χ3n) is 3.39. The van der Waals surface area contributed by atoms with Crippen molar-refractivity contribution in [1.29, 1.82) is 0 Å². The lowest BCUT2D eigenvalue weighted by Crippen LogP contribution is -2.32. The summed E-state index contributed by atoms with van der Waals surface area (Å²) in [6.45, 7) is 3.33. The van der Waals surface area contributed by atoms with Gasteiger partial charge in [-0.25, -0.2) is 8.78 Å². The third-order valence-corrected chi connectivity index (χ3v) is 3.39. The zero-order chi connectivity index (χ0) is 14.8. The molecule has 1 aliphatic heterocycles. The van der Waals surface area contributed by atoms with Gasteiger partial charge in [-0.1, -0.05) is 18.7 Å². The van der Waals surface area contributed by atoms with Crippen LogP contribution in [0.1, 0.15) is 17.5 Å². The van der Waals surface area contributed by atoms with E-state index >= 15 is 0 Å². The lowest BCUT2D eigenvalue weighted by molar-refractivity contribution is -0.130. The van der Waals surface area contributed by atoms with Gasteiger partial charge in [0, 0.05) is 18.5 Å². The Morgan fingerprint density at radius 1 is 1.55 bits per heavy atom. The van der Waals surface area contributed by atoms with E-state index in [-0.39, 0.29) is 25.3 Å². The molecule has 1 aromatic carbocycles. The summed E-state index contributed by atoms with van der Waals surface area (Å²) in [5.74, 6) is -2.35. The van der Waals surface area contributed by atoms with Crippen LogP contribution in [-0.2, 0) is 11.2 Å². The summed E-state index contributed by atoms with van der Waals surface area (Å²) in [7, 11) is 1.56. The second kappa shape index (κ2) is 5.61. The fourth-order valence-electron chi connectivity index (χ4n) is 2.29. The van der Waals surface area contributed by atoms with Crippen molar-refractivity contribution in [3.05, 3.63) is 35.9 Å². The smallest absolute Gasteiger partial charge is 0.267 e. The van der Waals surface area contributed by atoms with Crippen LogP contribution in [-0.4, -0.2) is 36.9 Å². The molecule has 0 unspecified atom stereocenters. The molecule has 1 amide bonds. The highest BCUT2D eigenvalue weighted by atomic mass is 19.3. The first-order valence-electron chi connectivity index (χ1n) is 6.40. The fraction of sp³-hybridized carbons (Fsp3) is 0.400. The molecule has 1 aromatic rings. The predicted molar refractivity (Wildman–Crippen MR) is 72.9 cm³/mol. The number of alkyl halides is 2. The summed E-state index contributed by atoms with van der Waals surface area (Å²) in [6, 6.07) is 5.30. The molecule has 20 heavy (non-hydrogen) atoms. The highest BCUT2D eigenvalue weighted by Gasteiger charge is 2.40. The number of benzene rings is 1. The van der Waals surface area contributed by atoms with Gasteiger partial charge in [-0.2, -0.15) is 0 Å². The van der Waals surface area contributed by atoms with E-state index in [4.69, 9.17) is 4.74 Å². The van der Waals surface area contributed by atoms with Gasteiger partial charge in [-0.05, 0) is 17.7 Å². The minimum absolute atomic E-state index is 0.112. The summed E-state index contributed by atoms with van der Waals surface area (Å²) in [6.07, 6.45) is 1.50. The van der Waals surface area contributed by atoms with Crippen LogP contribution in [0.5, 0.6) is 5.75 Å². The summed E-state index contributed by atoms with van der Waals surface area (Å²) >= 11 is 0. The van der Waals surface area contributed by atoms with Crippen molar-refractivity contribution in [2.24, 2.45) is 0 Å². The van der Waals surface area contributed by atoms with Crippen LogP contribution in [0.4, 0.5) is 8.78 Å². The van der Waals surface area contributed by atoms with Crippen LogP contribution >= 0.6 is 0 Å². The average molecular weight is 281 g/mol. The van der Waals surface area contributed by atoms with Gasteiger partial charge in [0.25, 0.3) is 5.92 Å². The molecule has 108 valence electrons. The highest BCUT2D eigenvalue weighted by molar-refractivity contribution is 5.79. The normalized spacial score (nSPS) is 17.1. The second-order valence-electron chi connectivity index (χ2n) is 4.88. The first kappa shape index (κ1) is 14.5. The Hall–Kier alpha value is -1.91. The standard InChI is InChI=1S/C15H17F2NO2/c1-3-12-8-11(4-5-13(12)20-2)9-14(19)18-7-6-15(16,17)10-18/h3-5,8H,1,6-7,9-10H2,2H3. The van der Waals surface area contributed by atoms with Crippen LogP contribution in [0.3, 0.4) is 0 Å². The van der Waals surface area contributed by atoms with Gasteiger partial charge < -0.3 is 9.64 Å². The average Bonchev–Trinajstić information content (AvgIpc) is 2.79. The summed E-state index contributed by atoms with van der Waals surface area (Å²) in [5, 5.41) is 0. The number of amides is 1. The Morgan fingerprint density at radius 2 is 2.30 bits per heavy atom. The van der Waals surface area contributed by atoms with Crippen molar-refractivity contribution in [3.8, 4) is 5.75 Å². The fourth-order valence-corrected chi connectivity index (χ4v) is 2.29. The topological polar surface area (TPSA) is 29.5 Å². The van der Waals surface area contributed by atoms with Crippen molar-refractivity contribution < 1.29 is 18.3 Å². The maximum Gasteiger partial charge on any atom is 0.267 e. The number of carbonyl (C=O) groups is 1. The monoisotopic (exact) mass is 281 g/mol. The highest BCUT2D eigenvalue weighted by Crippen LogP contribution is 2.27. The summed E-state index contributed by atoms with van der Waals surface area (Å²) in [5.41, 5.74) is 1.55. The van der Waals surface area contributed by atoms with Crippen molar-refractivity contribution in [2.45, 2.75) is 18.8 Å². The van der Waals surface area contributed by atoms with E-state index in [0.717, 1.165) is 11.1 Å². The number of likely N-dealkylation sites (tertiary alicyclic amines) is 1. The Labute approximate surface area is 116 Å². The minimum Gasteiger partial charge on any atom is -0.496 e. The molecule has 5 heteroatoms. The molecular formula is C15H17F2NO2. The number of hydrogen-bond donors (Lipinski definition) is 0. The Bertz CT molecular complexity index is 529. The van der Waals surface area contributed by atoms with Gasteiger partial charge in [0.15, 0.2) is 0 Å². The quantitative estimate of drug-likeness (QED) is 0.849. The number of methoxy groups -OCH3 is 1. The second-order valence-corrected chi connectivity index (χ2v) is 4.88. The number of carbonyl (C=O) groups excluding carboxylic acids is 1. The van der Waals surface area contributed by atoms with E-state index in [1.807, 2.05) is 0 Å². The molecule has 0 aromatic heterocycles. The molecule has 2 rings (SSSR count). The lowest BCUT2D eigenvalue weighted by atomic mass is 10.1. The number of rotatable bonds is 4. The van der Waals surface area contributed by atoms with Crippen molar-refractivity contribution in [1.82, 2.24) is 4.90 Å². The molecule has 1 fully saturated rings. The van der Waals surface area contributed by atoms with Gasteiger partial charge in [0.05, 0.1) is 20.1 Å². The van der Waals surface area contributed by atoms with Crippen LogP contribution in [0.2, 0.25) is 0 Å². The van der Waals surface area contributed by atoms with Crippen LogP contribution in [0.15, 0.2) is 24.8 Å². The van der Waals surface area contributed by atoms with Crippen molar-refractivity contribution in [2.75, 3.05) is 20.2 Å². The molecule has 3 nitrogen and oxygen atoms in total. The molecular weight excluding hydrogens is 264 g/mol. The van der Waals surface area contributed by atoms with Gasteiger partial charge in [-0.3, -0.25) is 4.79 Å². The minimum atomic E-state index is -2.75. The molecule has 0 spiro atoms. The van der Waals surface area contributed by atoms with Crippen LogP contribution < -0.4 is 4.74 Å². The van der Waals surface area contributed by atoms with E-state index in [0.29, 0.717) is 5.75 Å². The number of hydrogen-bond acceptors (Lipinski definition) is 2. The predicted octanol–water partition coefficient (Wildman–Crippen LogP) is 2.75. The number of ether oxygens (including phenoxy) is 1. The SMILES string of the molecule is C=Cc1cc(CC(=O)N2CCC(F)(F)C2)ccc1OC. The Kier molecular flexibility index (Phi) is 4.06. The summed E-state index contributed by atoms with van der Waals surface area (Å²) < 4.78 is 31.3. The van der Waals surface area contributed by atoms with E-state index in [2.05, 4.69) is 6.58 Å². The molecule has 0 atom stereocenters. The number of nitrogens with zero attached hydrogens (tertiary/aromatic N) is 1. The Morgan fingerprint density at radius 3 is 2.85 bits per heavy atom. The molecule has 0 aliphatic carbocycles. The number of halogens is 2. The van der Waals surface area contributed by atoms with Crippen molar-refractivity contribution >= 4 is 12.0 Å². The molecule has 1 saturated heterocycles. The van der Waals surface area contributed by atoms with E-state index in [1.54, 1.807) is 31.4 Å².